The lowest BCUT2D eigenvalue weighted by molar-refractivity contribution is -0.141. The molecule has 1 unspecified atom stereocenters. The molecule has 1 amide bonds. The third kappa shape index (κ3) is 6.27. The van der Waals surface area contributed by atoms with Crippen LogP contribution in [0.25, 0.3) is 5.69 Å². The fraction of sp³-hybridized carbons (Fsp3) is 0.241. The average Bonchev–Trinajstić information content (AvgIpc) is 3.37. The summed E-state index contributed by atoms with van der Waals surface area (Å²) in [4.78, 5) is 13.3. The standard InChI is InChI=1S/C29H29F3N4O/c1-2-3-15-25(21-10-5-4-6-11-21)22-12-8-13-23(17-22)34-28(37)26-18-27(29(30,31)32)35-36(26)24-14-7-9-20(16-24)19-33/h4-14,16-18,25H,2-3,15,19,33H2,1H3,(H,34,37). The Morgan fingerprint density at radius 3 is 2.41 bits per heavy atom. The number of carbonyl (C=O) groups is 1. The van der Waals surface area contributed by atoms with E-state index in [1.54, 1.807) is 30.3 Å². The number of carbonyl (C=O) groups excluding carboxylic acids is 1. The van der Waals surface area contributed by atoms with E-state index in [9.17, 15) is 18.0 Å². The van der Waals surface area contributed by atoms with Crippen molar-refractivity contribution in [2.45, 2.75) is 44.8 Å². The molecule has 0 aliphatic carbocycles. The summed E-state index contributed by atoms with van der Waals surface area (Å²) in [6.45, 7) is 2.34. The number of benzene rings is 3. The molecule has 3 N–H and O–H groups in total. The fourth-order valence-corrected chi connectivity index (χ4v) is 4.34. The lowest BCUT2D eigenvalue weighted by atomic mass is 9.87. The molecule has 1 atom stereocenters. The Morgan fingerprint density at radius 1 is 0.973 bits per heavy atom. The highest BCUT2D eigenvalue weighted by Crippen LogP contribution is 2.32. The summed E-state index contributed by atoms with van der Waals surface area (Å²) in [6.07, 6.45) is -1.67. The lowest BCUT2D eigenvalue weighted by Crippen LogP contribution is -2.17. The molecular weight excluding hydrogens is 477 g/mol. The van der Waals surface area contributed by atoms with Gasteiger partial charge in [0, 0.05) is 24.2 Å². The number of unbranched alkanes of at least 4 members (excludes halogenated alkanes) is 1. The molecule has 3 aromatic carbocycles. The second-order valence-corrected chi connectivity index (χ2v) is 8.88. The van der Waals surface area contributed by atoms with Crippen molar-refractivity contribution in [1.29, 1.82) is 0 Å². The number of anilines is 1. The van der Waals surface area contributed by atoms with Gasteiger partial charge in [0.1, 0.15) is 5.69 Å². The summed E-state index contributed by atoms with van der Waals surface area (Å²) >= 11 is 0. The minimum absolute atomic E-state index is 0.138. The second kappa shape index (κ2) is 11.4. The maximum atomic E-state index is 13.5. The van der Waals surface area contributed by atoms with E-state index >= 15 is 0 Å². The smallest absolute Gasteiger partial charge is 0.326 e. The molecule has 1 aromatic heterocycles. The van der Waals surface area contributed by atoms with Crippen LogP contribution >= 0.6 is 0 Å². The van der Waals surface area contributed by atoms with E-state index < -0.39 is 17.8 Å². The summed E-state index contributed by atoms with van der Waals surface area (Å²) in [5, 5.41) is 6.47. The molecule has 192 valence electrons. The van der Waals surface area contributed by atoms with Crippen LogP contribution in [-0.2, 0) is 12.7 Å². The highest BCUT2D eigenvalue weighted by Gasteiger charge is 2.36. The Hall–Kier alpha value is -3.91. The zero-order chi connectivity index (χ0) is 26.4. The Kier molecular flexibility index (Phi) is 8.08. The predicted molar refractivity (Wildman–Crippen MR) is 139 cm³/mol. The molecule has 0 spiro atoms. The molecule has 37 heavy (non-hydrogen) atoms. The highest BCUT2D eigenvalue weighted by molar-refractivity contribution is 6.03. The summed E-state index contributed by atoms with van der Waals surface area (Å²) in [6, 6.07) is 25.0. The third-order valence-electron chi connectivity index (χ3n) is 6.22. The second-order valence-electron chi connectivity index (χ2n) is 8.88. The molecular formula is C29H29F3N4O. The average molecular weight is 507 g/mol. The van der Waals surface area contributed by atoms with Gasteiger partial charge in [-0.1, -0.05) is 74.4 Å². The van der Waals surface area contributed by atoms with Gasteiger partial charge in [-0.3, -0.25) is 4.79 Å². The predicted octanol–water partition coefficient (Wildman–Crippen LogP) is 6.92. The van der Waals surface area contributed by atoms with E-state index in [0.29, 0.717) is 16.9 Å². The first-order valence-electron chi connectivity index (χ1n) is 12.2. The van der Waals surface area contributed by atoms with E-state index in [1.165, 1.54) is 5.56 Å². The Labute approximate surface area is 214 Å². The molecule has 4 aromatic rings. The summed E-state index contributed by atoms with van der Waals surface area (Å²) in [5.74, 6) is -0.553. The zero-order valence-electron chi connectivity index (χ0n) is 20.5. The Balaban J connectivity index is 1.67. The van der Waals surface area contributed by atoms with Crippen molar-refractivity contribution in [3.63, 3.8) is 0 Å². The number of hydrogen-bond acceptors (Lipinski definition) is 3. The molecule has 4 rings (SSSR count). The number of alkyl halides is 3. The van der Waals surface area contributed by atoms with E-state index in [0.717, 1.165) is 35.6 Å². The van der Waals surface area contributed by atoms with Gasteiger partial charge in [-0.25, -0.2) is 4.68 Å². The van der Waals surface area contributed by atoms with Crippen LogP contribution in [0, 0.1) is 0 Å². The van der Waals surface area contributed by atoms with E-state index in [1.807, 2.05) is 36.4 Å². The normalized spacial score (nSPS) is 12.4. The molecule has 0 radical (unpaired) electrons. The molecule has 1 heterocycles. The number of nitrogens with two attached hydrogens (primary N) is 1. The Morgan fingerprint density at radius 2 is 1.70 bits per heavy atom. The number of aromatic nitrogens is 2. The van der Waals surface area contributed by atoms with Crippen molar-refractivity contribution in [1.82, 2.24) is 9.78 Å². The fourth-order valence-electron chi connectivity index (χ4n) is 4.34. The van der Waals surface area contributed by atoms with Crippen LogP contribution in [0.5, 0.6) is 0 Å². The van der Waals surface area contributed by atoms with Crippen LogP contribution in [0.4, 0.5) is 18.9 Å². The lowest BCUT2D eigenvalue weighted by Gasteiger charge is -2.19. The Bertz CT molecular complexity index is 1350. The molecule has 0 fully saturated rings. The molecule has 0 bridgehead atoms. The van der Waals surface area contributed by atoms with Crippen molar-refractivity contribution >= 4 is 11.6 Å². The van der Waals surface area contributed by atoms with Gasteiger partial charge >= 0.3 is 6.18 Å². The van der Waals surface area contributed by atoms with Crippen LogP contribution in [-0.4, -0.2) is 15.7 Å². The largest absolute Gasteiger partial charge is 0.435 e. The van der Waals surface area contributed by atoms with E-state index in [2.05, 4.69) is 29.5 Å². The molecule has 0 saturated carbocycles. The first-order chi connectivity index (χ1) is 17.8. The molecule has 0 aliphatic heterocycles. The van der Waals surface area contributed by atoms with Gasteiger partial charge in [0.2, 0.25) is 0 Å². The summed E-state index contributed by atoms with van der Waals surface area (Å²) in [5.41, 5.74) is 8.05. The molecule has 5 nitrogen and oxygen atoms in total. The number of halogens is 3. The zero-order valence-corrected chi connectivity index (χ0v) is 20.5. The summed E-state index contributed by atoms with van der Waals surface area (Å²) in [7, 11) is 0. The van der Waals surface area contributed by atoms with Crippen LogP contribution < -0.4 is 11.1 Å². The van der Waals surface area contributed by atoms with E-state index in [-0.39, 0.29) is 18.2 Å². The number of nitrogens with one attached hydrogen (secondary N) is 1. The van der Waals surface area contributed by atoms with Crippen LogP contribution in [0.3, 0.4) is 0 Å². The van der Waals surface area contributed by atoms with Crippen LogP contribution in [0.2, 0.25) is 0 Å². The van der Waals surface area contributed by atoms with Crippen molar-refractivity contribution in [3.8, 4) is 5.69 Å². The molecule has 0 aliphatic rings. The number of rotatable bonds is 9. The highest BCUT2D eigenvalue weighted by atomic mass is 19.4. The maximum absolute atomic E-state index is 13.5. The van der Waals surface area contributed by atoms with Gasteiger partial charge in [-0.2, -0.15) is 18.3 Å². The number of nitrogens with zero attached hydrogens (tertiary/aromatic N) is 2. The van der Waals surface area contributed by atoms with E-state index in [4.69, 9.17) is 5.73 Å². The minimum atomic E-state index is -4.70. The first kappa shape index (κ1) is 26.2. The van der Waals surface area contributed by atoms with Gasteiger partial charge < -0.3 is 11.1 Å². The quantitative estimate of drug-likeness (QED) is 0.259. The van der Waals surface area contributed by atoms with Gasteiger partial charge in [0.25, 0.3) is 5.91 Å². The SMILES string of the molecule is CCCCC(c1ccccc1)c1cccc(NC(=O)c2cc(C(F)(F)F)nn2-c2cccc(CN)c2)c1. The van der Waals surface area contributed by atoms with Crippen LogP contribution in [0.1, 0.15) is 65.0 Å². The number of amides is 1. The van der Waals surface area contributed by atoms with Gasteiger partial charge in [-0.05, 0) is 47.4 Å². The molecule has 8 heteroatoms. The van der Waals surface area contributed by atoms with Crippen molar-refractivity contribution in [2.24, 2.45) is 5.73 Å². The first-order valence-corrected chi connectivity index (χ1v) is 12.2. The molecule has 0 saturated heterocycles. The summed E-state index contributed by atoms with van der Waals surface area (Å²) < 4.78 is 41.5. The van der Waals surface area contributed by atoms with Gasteiger partial charge in [0.15, 0.2) is 5.69 Å². The van der Waals surface area contributed by atoms with Crippen molar-refractivity contribution in [3.05, 3.63) is 113 Å². The van der Waals surface area contributed by atoms with Gasteiger partial charge in [0.05, 0.1) is 5.69 Å². The maximum Gasteiger partial charge on any atom is 0.435 e. The minimum Gasteiger partial charge on any atom is -0.326 e. The van der Waals surface area contributed by atoms with Crippen molar-refractivity contribution in [2.75, 3.05) is 5.32 Å². The van der Waals surface area contributed by atoms with Crippen LogP contribution in [0.15, 0.2) is 84.9 Å². The monoisotopic (exact) mass is 506 g/mol. The third-order valence-corrected chi connectivity index (χ3v) is 6.22. The van der Waals surface area contributed by atoms with Crippen molar-refractivity contribution < 1.29 is 18.0 Å². The van der Waals surface area contributed by atoms with Gasteiger partial charge in [-0.15, -0.1) is 0 Å². The number of hydrogen-bond donors (Lipinski definition) is 2. The topological polar surface area (TPSA) is 72.9 Å².